The van der Waals surface area contributed by atoms with Crippen LogP contribution in [-0.4, -0.2) is 4.92 Å². The van der Waals surface area contributed by atoms with Gasteiger partial charge < -0.3 is 0 Å². The summed E-state index contributed by atoms with van der Waals surface area (Å²) in [6.07, 6.45) is 5.48. The van der Waals surface area contributed by atoms with E-state index < -0.39 is 0 Å². The second-order valence-corrected chi connectivity index (χ2v) is 3.90. The maximum Gasteiger partial charge on any atom is 0.269 e. The van der Waals surface area contributed by atoms with Crippen LogP contribution in [0.4, 0.5) is 5.69 Å². The molecule has 3 heteroatoms. The highest BCUT2D eigenvalue weighted by molar-refractivity contribution is 5.52. The normalized spacial score (nSPS) is 26.6. The van der Waals surface area contributed by atoms with Gasteiger partial charge in [-0.05, 0) is 17.5 Å². The molecule has 2 unspecified atom stereocenters. The molecule has 0 aromatic heterocycles. The molecule has 0 amide bonds. The standard InChI is InChI=1S/C11H9NO2/c13-12(14)9-3-4-10-7-1-2-8(5-7)11(10)6-9/h1-4,6-8H,5H2. The van der Waals surface area contributed by atoms with Gasteiger partial charge in [0.25, 0.3) is 5.69 Å². The van der Waals surface area contributed by atoms with E-state index in [9.17, 15) is 10.1 Å². The van der Waals surface area contributed by atoms with E-state index >= 15 is 0 Å². The minimum absolute atomic E-state index is 0.213. The van der Waals surface area contributed by atoms with Crippen LogP contribution in [0.2, 0.25) is 0 Å². The molecule has 0 heterocycles. The number of nitrogens with zero attached hydrogens (tertiary/aromatic N) is 1. The molecule has 0 aliphatic heterocycles. The SMILES string of the molecule is O=[N+]([O-])c1ccc2c(c1)C1C=CC2C1. The van der Waals surface area contributed by atoms with Gasteiger partial charge in [-0.25, -0.2) is 0 Å². The van der Waals surface area contributed by atoms with E-state index in [-0.39, 0.29) is 10.6 Å². The Kier molecular flexibility index (Phi) is 1.35. The zero-order chi connectivity index (χ0) is 9.71. The van der Waals surface area contributed by atoms with Crippen LogP contribution in [0.5, 0.6) is 0 Å². The van der Waals surface area contributed by atoms with E-state index in [1.54, 1.807) is 12.1 Å². The van der Waals surface area contributed by atoms with Crippen molar-refractivity contribution in [3.05, 3.63) is 51.6 Å². The Morgan fingerprint density at radius 3 is 2.64 bits per heavy atom. The van der Waals surface area contributed by atoms with Gasteiger partial charge in [-0.15, -0.1) is 0 Å². The Balaban J connectivity index is 2.15. The zero-order valence-electron chi connectivity index (χ0n) is 7.51. The minimum Gasteiger partial charge on any atom is -0.258 e. The van der Waals surface area contributed by atoms with Gasteiger partial charge in [0.2, 0.25) is 0 Å². The van der Waals surface area contributed by atoms with Gasteiger partial charge in [-0.3, -0.25) is 10.1 Å². The Hall–Kier alpha value is -1.64. The van der Waals surface area contributed by atoms with Crippen molar-refractivity contribution in [1.29, 1.82) is 0 Å². The van der Waals surface area contributed by atoms with Crippen LogP contribution in [0.25, 0.3) is 0 Å². The van der Waals surface area contributed by atoms with Gasteiger partial charge in [0.15, 0.2) is 0 Å². The first kappa shape index (κ1) is 7.74. The predicted octanol–water partition coefficient (Wildman–Crippen LogP) is 2.74. The predicted molar refractivity (Wildman–Crippen MR) is 52.3 cm³/mol. The highest BCUT2D eigenvalue weighted by Gasteiger charge is 2.33. The van der Waals surface area contributed by atoms with Crippen molar-refractivity contribution >= 4 is 5.69 Å². The number of hydrogen-bond donors (Lipinski definition) is 0. The summed E-state index contributed by atoms with van der Waals surface area (Å²) >= 11 is 0. The lowest BCUT2D eigenvalue weighted by Crippen LogP contribution is -1.95. The lowest BCUT2D eigenvalue weighted by atomic mass is 9.96. The summed E-state index contributed by atoms with van der Waals surface area (Å²) in [5.74, 6) is 0.936. The molecule has 0 fully saturated rings. The molecule has 0 saturated heterocycles. The van der Waals surface area contributed by atoms with E-state index in [1.807, 2.05) is 6.07 Å². The second-order valence-electron chi connectivity index (χ2n) is 3.90. The molecule has 2 aliphatic carbocycles. The van der Waals surface area contributed by atoms with Gasteiger partial charge in [-0.2, -0.15) is 0 Å². The number of allylic oxidation sites excluding steroid dienone is 2. The molecule has 0 spiro atoms. The number of non-ortho nitro benzene ring substituents is 1. The Morgan fingerprint density at radius 1 is 1.21 bits per heavy atom. The Labute approximate surface area is 81.2 Å². The average molecular weight is 187 g/mol. The molecule has 3 nitrogen and oxygen atoms in total. The van der Waals surface area contributed by atoms with E-state index in [0.717, 1.165) is 12.0 Å². The van der Waals surface area contributed by atoms with Crippen LogP contribution in [0.15, 0.2) is 30.4 Å². The van der Waals surface area contributed by atoms with Crippen molar-refractivity contribution in [2.24, 2.45) is 0 Å². The molecule has 0 saturated carbocycles. The lowest BCUT2D eigenvalue weighted by molar-refractivity contribution is -0.384. The van der Waals surface area contributed by atoms with Gasteiger partial charge in [-0.1, -0.05) is 18.2 Å². The van der Waals surface area contributed by atoms with Crippen molar-refractivity contribution < 1.29 is 4.92 Å². The number of nitro benzene ring substituents is 1. The van der Waals surface area contributed by atoms with Crippen LogP contribution in [-0.2, 0) is 0 Å². The van der Waals surface area contributed by atoms with Crippen LogP contribution in [0.1, 0.15) is 29.4 Å². The number of fused-ring (bicyclic) bond motifs is 5. The summed E-state index contributed by atoms with van der Waals surface area (Å²) in [7, 11) is 0. The maximum atomic E-state index is 10.6. The Bertz CT molecular complexity index is 451. The van der Waals surface area contributed by atoms with Crippen LogP contribution in [0.3, 0.4) is 0 Å². The number of nitro groups is 1. The van der Waals surface area contributed by atoms with E-state index in [1.165, 1.54) is 5.56 Å². The Morgan fingerprint density at radius 2 is 1.93 bits per heavy atom. The quantitative estimate of drug-likeness (QED) is 0.385. The topological polar surface area (TPSA) is 43.1 Å². The third-order valence-electron chi connectivity index (χ3n) is 3.16. The zero-order valence-corrected chi connectivity index (χ0v) is 7.51. The highest BCUT2D eigenvalue weighted by Crippen LogP contribution is 2.49. The second kappa shape index (κ2) is 2.44. The molecule has 1 aromatic rings. The van der Waals surface area contributed by atoms with Gasteiger partial charge in [0.05, 0.1) is 4.92 Å². The molecule has 3 rings (SSSR count). The van der Waals surface area contributed by atoms with E-state index in [0.29, 0.717) is 11.8 Å². The van der Waals surface area contributed by atoms with E-state index in [2.05, 4.69) is 12.2 Å². The van der Waals surface area contributed by atoms with Crippen LogP contribution in [0, 0.1) is 10.1 Å². The first-order chi connectivity index (χ1) is 6.75. The molecule has 2 aliphatic rings. The van der Waals surface area contributed by atoms with Crippen molar-refractivity contribution in [2.75, 3.05) is 0 Å². The number of benzene rings is 1. The third-order valence-corrected chi connectivity index (χ3v) is 3.16. The van der Waals surface area contributed by atoms with Crippen molar-refractivity contribution in [3.8, 4) is 0 Å². The third kappa shape index (κ3) is 0.867. The fourth-order valence-corrected chi connectivity index (χ4v) is 2.49. The summed E-state index contributed by atoms with van der Waals surface area (Å²) in [5.41, 5.74) is 2.65. The fraction of sp³-hybridized carbons (Fsp3) is 0.273. The molecule has 70 valence electrons. The summed E-state index contributed by atoms with van der Waals surface area (Å²) in [6.45, 7) is 0. The molecule has 0 N–H and O–H groups in total. The van der Waals surface area contributed by atoms with Crippen LogP contribution >= 0.6 is 0 Å². The first-order valence-corrected chi connectivity index (χ1v) is 4.72. The van der Waals surface area contributed by atoms with Gasteiger partial charge in [0, 0.05) is 24.0 Å². The summed E-state index contributed by atoms with van der Waals surface area (Å²) in [6, 6.07) is 5.23. The monoisotopic (exact) mass is 187 g/mol. The van der Waals surface area contributed by atoms with Gasteiger partial charge in [0.1, 0.15) is 0 Å². The number of hydrogen-bond acceptors (Lipinski definition) is 2. The van der Waals surface area contributed by atoms with Crippen molar-refractivity contribution in [3.63, 3.8) is 0 Å². The molecule has 1 aromatic carbocycles. The molecule has 2 atom stereocenters. The largest absolute Gasteiger partial charge is 0.269 e. The highest BCUT2D eigenvalue weighted by atomic mass is 16.6. The molecule has 0 radical (unpaired) electrons. The van der Waals surface area contributed by atoms with Gasteiger partial charge >= 0.3 is 0 Å². The smallest absolute Gasteiger partial charge is 0.258 e. The first-order valence-electron chi connectivity index (χ1n) is 4.72. The molecule has 14 heavy (non-hydrogen) atoms. The van der Waals surface area contributed by atoms with Crippen LogP contribution < -0.4 is 0 Å². The molecule has 2 bridgehead atoms. The fourth-order valence-electron chi connectivity index (χ4n) is 2.49. The van der Waals surface area contributed by atoms with Crippen molar-refractivity contribution in [2.45, 2.75) is 18.3 Å². The van der Waals surface area contributed by atoms with Crippen molar-refractivity contribution in [1.82, 2.24) is 0 Å². The summed E-state index contributed by atoms with van der Waals surface area (Å²) in [5, 5.41) is 10.6. The van der Waals surface area contributed by atoms with E-state index in [4.69, 9.17) is 0 Å². The molecular weight excluding hydrogens is 178 g/mol. The maximum absolute atomic E-state index is 10.6. The summed E-state index contributed by atoms with van der Waals surface area (Å²) < 4.78 is 0. The minimum atomic E-state index is -0.323. The number of rotatable bonds is 1. The average Bonchev–Trinajstić information content (AvgIpc) is 2.77. The summed E-state index contributed by atoms with van der Waals surface area (Å²) in [4.78, 5) is 10.3. The molecular formula is C11H9NO2. The lowest BCUT2D eigenvalue weighted by Gasteiger charge is -2.08.